The molecule has 0 aliphatic rings. The molecule has 0 spiro atoms. The standard InChI is InChI=1S/C11H12N4OS/c12-10-6-13-5-9(15-10)11(16)14-3-1-8-2-4-17-7-8/h2,4-7H,1,3H2,(H2,12,15)(H,14,16). The summed E-state index contributed by atoms with van der Waals surface area (Å²) in [7, 11) is 0. The predicted octanol–water partition coefficient (Wildman–Crippen LogP) is 1.09. The molecule has 0 bridgehead atoms. The molecule has 1 amide bonds. The lowest BCUT2D eigenvalue weighted by atomic mass is 10.2. The number of nitrogens with zero attached hydrogens (tertiary/aromatic N) is 2. The summed E-state index contributed by atoms with van der Waals surface area (Å²) < 4.78 is 0. The third-order valence-electron chi connectivity index (χ3n) is 2.17. The van der Waals surface area contributed by atoms with Gasteiger partial charge in [0.25, 0.3) is 5.91 Å². The minimum Gasteiger partial charge on any atom is -0.382 e. The van der Waals surface area contributed by atoms with Crippen molar-refractivity contribution in [3.63, 3.8) is 0 Å². The molecule has 0 aliphatic carbocycles. The maximum absolute atomic E-state index is 11.7. The van der Waals surface area contributed by atoms with Crippen LogP contribution in [0.2, 0.25) is 0 Å². The van der Waals surface area contributed by atoms with Crippen LogP contribution in [0.5, 0.6) is 0 Å². The maximum atomic E-state index is 11.7. The molecule has 0 aromatic carbocycles. The van der Waals surface area contributed by atoms with Gasteiger partial charge >= 0.3 is 0 Å². The Morgan fingerprint density at radius 1 is 1.47 bits per heavy atom. The number of carbonyl (C=O) groups excluding carboxylic acids is 1. The van der Waals surface area contributed by atoms with Crippen LogP contribution >= 0.6 is 11.3 Å². The molecule has 2 heterocycles. The van der Waals surface area contributed by atoms with E-state index in [1.54, 1.807) is 11.3 Å². The van der Waals surface area contributed by atoms with E-state index in [4.69, 9.17) is 5.73 Å². The third-order valence-corrected chi connectivity index (χ3v) is 2.90. The van der Waals surface area contributed by atoms with Gasteiger partial charge in [-0.1, -0.05) is 0 Å². The second-order valence-corrected chi connectivity index (χ2v) is 4.25. The number of thiophene rings is 1. The van der Waals surface area contributed by atoms with Crippen molar-refractivity contribution in [2.24, 2.45) is 0 Å². The van der Waals surface area contributed by atoms with Gasteiger partial charge in [-0.3, -0.25) is 9.78 Å². The number of carbonyl (C=O) groups is 1. The molecule has 88 valence electrons. The van der Waals surface area contributed by atoms with Crippen molar-refractivity contribution in [1.82, 2.24) is 15.3 Å². The van der Waals surface area contributed by atoms with Gasteiger partial charge in [0.1, 0.15) is 11.5 Å². The Bertz CT molecular complexity index is 498. The van der Waals surface area contributed by atoms with E-state index in [-0.39, 0.29) is 17.4 Å². The summed E-state index contributed by atoms with van der Waals surface area (Å²) in [5, 5.41) is 6.85. The number of hydrogen-bond acceptors (Lipinski definition) is 5. The van der Waals surface area contributed by atoms with E-state index in [1.165, 1.54) is 18.0 Å². The number of nitrogens with one attached hydrogen (secondary N) is 1. The van der Waals surface area contributed by atoms with E-state index >= 15 is 0 Å². The highest BCUT2D eigenvalue weighted by molar-refractivity contribution is 7.07. The number of anilines is 1. The first-order chi connectivity index (χ1) is 8.25. The van der Waals surface area contributed by atoms with Crippen molar-refractivity contribution in [1.29, 1.82) is 0 Å². The van der Waals surface area contributed by atoms with E-state index in [9.17, 15) is 4.79 Å². The molecule has 0 aliphatic heterocycles. The van der Waals surface area contributed by atoms with Gasteiger partial charge in [0.15, 0.2) is 0 Å². The average molecular weight is 248 g/mol. The lowest BCUT2D eigenvalue weighted by Crippen LogP contribution is -2.26. The highest BCUT2D eigenvalue weighted by Gasteiger charge is 2.07. The van der Waals surface area contributed by atoms with Crippen molar-refractivity contribution in [3.05, 3.63) is 40.5 Å². The van der Waals surface area contributed by atoms with E-state index in [0.717, 1.165) is 6.42 Å². The van der Waals surface area contributed by atoms with E-state index in [1.807, 2.05) is 11.4 Å². The second-order valence-electron chi connectivity index (χ2n) is 3.47. The molecule has 5 nitrogen and oxygen atoms in total. The first kappa shape index (κ1) is 11.5. The number of nitrogen functional groups attached to an aromatic ring is 1. The van der Waals surface area contributed by atoms with Crippen molar-refractivity contribution in [3.8, 4) is 0 Å². The van der Waals surface area contributed by atoms with Crippen LogP contribution in [-0.4, -0.2) is 22.4 Å². The van der Waals surface area contributed by atoms with Gasteiger partial charge in [0, 0.05) is 6.54 Å². The zero-order valence-corrected chi connectivity index (χ0v) is 9.91. The summed E-state index contributed by atoms with van der Waals surface area (Å²) >= 11 is 1.65. The lowest BCUT2D eigenvalue weighted by molar-refractivity contribution is 0.0949. The molecule has 0 unspecified atom stereocenters. The van der Waals surface area contributed by atoms with Crippen molar-refractivity contribution >= 4 is 23.1 Å². The fourth-order valence-electron chi connectivity index (χ4n) is 1.34. The molecular formula is C11H12N4OS. The van der Waals surface area contributed by atoms with Crippen LogP contribution < -0.4 is 11.1 Å². The maximum Gasteiger partial charge on any atom is 0.271 e. The Morgan fingerprint density at radius 3 is 3.06 bits per heavy atom. The summed E-state index contributed by atoms with van der Waals surface area (Å²) in [6.45, 7) is 0.575. The molecule has 0 fully saturated rings. The van der Waals surface area contributed by atoms with Gasteiger partial charge < -0.3 is 11.1 Å². The summed E-state index contributed by atoms with van der Waals surface area (Å²) in [6.07, 6.45) is 3.61. The summed E-state index contributed by atoms with van der Waals surface area (Å²) in [5.41, 5.74) is 6.91. The van der Waals surface area contributed by atoms with Crippen LogP contribution in [0.3, 0.4) is 0 Å². The second kappa shape index (κ2) is 5.40. The van der Waals surface area contributed by atoms with Crippen LogP contribution in [0.1, 0.15) is 16.1 Å². The predicted molar refractivity (Wildman–Crippen MR) is 66.8 cm³/mol. The minimum absolute atomic E-state index is 0.246. The number of nitrogens with two attached hydrogens (primary N) is 1. The summed E-state index contributed by atoms with van der Waals surface area (Å²) in [4.78, 5) is 19.4. The Labute approximate surface area is 103 Å². The molecule has 6 heteroatoms. The van der Waals surface area contributed by atoms with Gasteiger partial charge in [-0.05, 0) is 28.8 Å². The summed E-state index contributed by atoms with van der Waals surface area (Å²) in [5.74, 6) is -0.00415. The third kappa shape index (κ3) is 3.25. The highest BCUT2D eigenvalue weighted by Crippen LogP contribution is 2.05. The summed E-state index contributed by atoms with van der Waals surface area (Å²) in [6, 6.07) is 2.04. The molecule has 2 aromatic heterocycles. The number of amides is 1. The van der Waals surface area contributed by atoms with Crippen LogP contribution in [0.4, 0.5) is 5.82 Å². The number of hydrogen-bond donors (Lipinski definition) is 2. The molecule has 17 heavy (non-hydrogen) atoms. The molecular weight excluding hydrogens is 236 g/mol. The van der Waals surface area contributed by atoms with Gasteiger partial charge in [0.2, 0.25) is 0 Å². The average Bonchev–Trinajstić information content (AvgIpc) is 2.82. The van der Waals surface area contributed by atoms with Crippen LogP contribution in [-0.2, 0) is 6.42 Å². The van der Waals surface area contributed by atoms with E-state index in [0.29, 0.717) is 6.54 Å². The molecule has 3 N–H and O–H groups in total. The first-order valence-electron chi connectivity index (χ1n) is 5.12. The SMILES string of the molecule is Nc1cncc(C(=O)NCCc2ccsc2)n1. The van der Waals surface area contributed by atoms with Gasteiger partial charge in [0.05, 0.1) is 12.4 Å². The normalized spacial score (nSPS) is 10.1. The molecule has 0 saturated heterocycles. The van der Waals surface area contributed by atoms with E-state index in [2.05, 4.69) is 20.7 Å². The molecule has 2 rings (SSSR count). The van der Waals surface area contributed by atoms with Gasteiger partial charge in [-0.2, -0.15) is 11.3 Å². The zero-order chi connectivity index (χ0) is 12.1. The highest BCUT2D eigenvalue weighted by atomic mass is 32.1. The molecule has 0 atom stereocenters. The largest absolute Gasteiger partial charge is 0.382 e. The first-order valence-corrected chi connectivity index (χ1v) is 6.07. The smallest absolute Gasteiger partial charge is 0.271 e. The number of rotatable bonds is 4. The van der Waals surface area contributed by atoms with Gasteiger partial charge in [-0.25, -0.2) is 4.98 Å². The van der Waals surface area contributed by atoms with Crippen molar-refractivity contribution in [2.45, 2.75) is 6.42 Å². The Kier molecular flexibility index (Phi) is 3.66. The zero-order valence-electron chi connectivity index (χ0n) is 9.09. The van der Waals surface area contributed by atoms with Crippen molar-refractivity contribution < 1.29 is 4.79 Å². The van der Waals surface area contributed by atoms with Crippen molar-refractivity contribution in [2.75, 3.05) is 12.3 Å². The Balaban J connectivity index is 1.85. The van der Waals surface area contributed by atoms with Crippen LogP contribution in [0, 0.1) is 0 Å². The minimum atomic E-state index is -0.250. The van der Waals surface area contributed by atoms with Crippen LogP contribution in [0.25, 0.3) is 0 Å². The quantitative estimate of drug-likeness (QED) is 0.848. The Hall–Kier alpha value is -1.95. The fourth-order valence-corrected chi connectivity index (χ4v) is 2.04. The monoisotopic (exact) mass is 248 g/mol. The number of aromatic nitrogens is 2. The molecule has 2 aromatic rings. The fraction of sp³-hybridized carbons (Fsp3) is 0.182. The Morgan fingerprint density at radius 2 is 2.35 bits per heavy atom. The van der Waals surface area contributed by atoms with Crippen LogP contribution in [0.15, 0.2) is 29.2 Å². The molecule has 0 radical (unpaired) electrons. The molecule has 0 saturated carbocycles. The topological polar surface area (TPSA) is 80.9 Å². The van der Waals surface area contributed by atoms with E-state index < -0.39 is 0 Å². The van der Waals surface area contributed by atoms with Gasteiger partial charge in [-0.15, -0.1) is 0 Å². The lowest BCUT2D eigenvalue weighted by Gasteiger charge is -2.03.